The van der Waals surface area contributed by atoms with Gasteiger partial charge >= 0.3 is 0 Å². The summed E-state index contributed by atoms with van der Waals surface area (Å²) >= 11 is 0. The molecular weight excluding hydrogens is 334 g/mol. The molecule has 136 valence electrons. The molecule has 0 saturated heterocycles. The summed E-state index contributed by atoms with van der Waals surface area (Å²) in [4.78, 5) is 35.8. The van der Waals surface area contributed by atoms with E-state index in [-0.39, 0.29) is 29.7 Å². The van der Waals surface area contributed by atoms with Gasteiger partial charge in [-0.05, 0) is 25.0 Å². The van der Waals surface area contributed by atoms with Crippen molar-refractivity contribution in [3.8, 4) is 5.82 Å². The quantitative estimate of drug-likeness (QED) is 0.306. The van der Waals surface area contributed by atoms with Crippen LogP contribution in [0.3, 0.4) is 0 Å². The maximum atomic E-state index is 13.1. The second-order valence-electron chi connectivity index (χ2n) is 6.41. The van der Waals surface area contributed by atoms with Gasteiger partial charge in [0.05, 0.1) is 17.9 Å². The second-order valence-corrected chi connectivity index (χ2v) is 6.41. The molecule has 0 amide bonds. The van der Waals surface area contributed by atoms with Crippen molar-refractivity contribution in [2.45, 2.75) is 19.4 Å². The summed E-state index contributed by atoms with van der Waals surface area (Å²) in [6.45, 7) is 0.149. The lowest BCUT2D eigenvalue weighted by Gasteiger charge is -2.13. The van der Waals surface area contributed by atoms with Gasteiger partial charge in [0, 0.05) is 38.9 Å². The van der Waals surface area contributed by atoms with Crippen LogP contribution in [0.25, 0.3) is 5.82 Å². The second kappa shape index (κ2) is 7.57. The van der Waals surface area contributed by atoms with Crippen molar-refractivity contribution in [1.29, 1.82) is 0 Å². The number of nitrogens with zero attached hydrogens (tertiary/aromatic N) is 5. The minimum Gasteiger partial charge on any atom is -0.383 e. The summed E-state index contributed by atoms with van der Waals surface area (Å²) in [7, 11) is 5.11. The summed E-state index contributed by atoms with van der Waals surface area (Å²) in [5.74, 6) is 0.0453. The summed E-state index contributed by atoms with van der Waals surface area (Å²) in [5, 5.41) is 4.04. The average Bonchev–Trinajstić information content (AvgIpc) is 3.33. The summed E-state index contributed by atoms with van der Waals surface area (Å²) < 4.78 is 6.70. The molecule has 1 aliphatic rings. The van der Waals surface area contributed by atoms with E-state index in [4.69, 9.17) is 4.74 Å². The molecule has 1 fully saturated rings. The summed E-state index contributed by atoms with van der Waals surface area (Å²) in [6.07, 6.45) is 6.19. The molecule has 0 radical (unpaired) electrons. The molecular formula is C18H21N5O3. The van der Waals surface area contributed by atoms with Crippen LogP contribution in [0.2, 0.25) is 0 Å². The third-order valence-electron chi connectivity index (χ3n) is 3.98. The van der Waals surface area contributed by atoms with Gasteiger partial charge < -0.3 is 9.64 Å². The number of ether oxygens (including phenoxy) is 1. The largest absolute Gasteiger partial charge is 0.383 e. The lowest BCUT2D eigenvalue weighted by atomic mass is 9.97. The molecule has 8 heteroatoms. The number of aromatic nitrogens is 4. The van der Waals surface area contributed by atoms with E-state index in [0.717, 1.165) is 12.8 Å². The van der Waals surface area contributed by atoms with Crippen molar-refractivity contribution in [2.75, 3.05) is 21.2 Å². The van der Waals surface area contributed by atoms with E-state index in [9.17, 15) is 9.59 Å². The van der Waals surface area contributed by atoms with Crippen LogP contribution in [0.4, 0.5) is 0 Å². The third kappa shape index (κ3) is 3.85. The van der Waals surface area contributed by atoms with Crippen molar-refractivity contribution in [1.82, 2.24) is 24.6 Å². The van der Waals surface area contributed by atoms with Gasteiger partial charge in [0.25, 0.3) is 0 Å². The number of hydrogen-bond acceptors (Lipinski definition) is 7. The van der Waals surface area contributed by atoms with Crippen LogP contribution in [0.5, 0.6) is 0 Å². The van der Waals surface area contributed by atoms with Crippen molar-refractivity contribution < 1.29 is 14.3 Å². The van der Waals surface area contributed by atoms with Crippen LogP contribution >= 0.6 is 0 Å². The standard InChI is InChI=1S/C18H21N5O3/c1-22(2)8-14(17(24)12-4-5-12)18(25)13-6-7-16(21-15(13)9-26-3)23-11-19-10-20-23/h6-8,10-12H,4-5,9H2,1-3H3/b14-8+. The molecule has 3 rings (SSSR count). The highest BCUT2D eigenvalue weighted by atomic mass is 16.5. The smallest absolute Gasteiger partial charge is 0.200 e. The molecule has 26 heavy (non-hydrogen) atoms. The van der Waals surface area contributed by atoms with Gasteiger partial charge in [-0.1, -0.05) is 0 Å². The van der Waals surface area contributed by atoms with E-state index in [1.807, 2.05) is 0 Å². The Bertz CT molecular complexity index is 839. The lowest BCUT2D eigenvalue weighted by molar-refractivity contribution is -0.116. The Balaban J connectivity index is 2.00. The lowest BCUT2D eigenvalue weighted by Crippen LogP contribution is -2.20. The highest BCUT2D eigenvalue weighted by Gasteiger charge is 2.35. The topological polar surface area (TPSA) is 90.2 Å². The highest BCUT2D eigenvalue weighted by molar-refractivity contribution is 6.27. The zero-order chi connectivity index (χ0) is 18.7. The molecule has 8 nitrogen and oxygen atoms in total. The van der Waals surface area contributed by atoms with Crippen LogP contribution in [-0.4, -0.2) is 57.4 Å². The fourth-order valence-electron chi connectivity index (χ4n) is 2.60. The monoisotopic (exact) mass is 355 g/mol. The Hall–Kier alpha value is -2.87. The van der Waals surface area contributed by atoms with E-state index >= 15 is 0 Å². The maximum Gasteiger partial charge on any atom is 0.200 e. The van der Waals surface area contributed by atoms with Crippen molar-refractivity contribution >= 4 is 11.6 Å². The number of pyridine rings is 1. The van der Waals surface area contributed by atoms with Crippen molar-refractivity contribution in [3.63, 3.8) is 0 Å². The van der Waals surface area contributed by atoms with E-state index in [2.05, 4.69) is 15.1 Å². The van der Waals surface area contributed by atoms with Crippen LogP contribution < -0.4 is 0 Å². The fraction of sp³-hybridized carbons (Fsp3) is 0.389. The Morgan fingerprint density at radius 1 is 1.35 bits per heavy atom. The molecule has 1 aliphatic carbocycles. The SMILES string of the molecule is COCc1nc(-n2cncn2)ccc1C(=O)/C(=C/N(C)C)C(=O)C1CC1. The summed E-state index contributed by atoms with van der Waals surface area (Å²) in [5.41, 5.74) is 1.00. The molecule has 0 unspecified atom stereocenters. The van der Waals surface area contributed by atoms with Gasteiger partial charge in [0.1, 0.15) is 12.7 Å². The van der Waals surface area contributed by atoms with Crippen LogP contribution in [0.1, 0.15) is 28.9 Å². The van der Waals surface area contributed by atoms with E-state index < -0.39 is 0 Å². The van der Waals surface area contributed by atoms with Crippen LogP contribution in [-0.2, 0) is 16.1 Å². The van der Waals surface area contributed by atoms with Crippen molar-refractivity contribution in [2.24, 2.45) is 5.92 Å². The molecule has 0 bridgehead atoms. The third-order valence-corrected chi connectivity index (χ3v) is 3.98. The normalized spacial score (nSPS) is 14.3. The first kappa shape index (κ1) is 17.9. The number of carbonyl (C=O) groups is 2. The predicted molar refractivity (Wildman–Crippen MR) is 93.7 cm³/mol. The van der Waals surface area contributed by atoms with Crippen molar-refractivity contribution in [3.05, 3.63) is 47.8 Å². The molecule has 0 N–H and O–H groups in total. The fourth-order valence-corrected chi connectivity index (χ4v) is 2.60. The minimum atomic E-state index is -0.333. The van der Waals surface area contributed by atoms with Crippen LogP contribution in [0, 0.1) is 5.92 Å². The molecule has 0 atom stereocenters. The number of Topliss-reactive ketones (excluding diaryl/α,β-unsaturated/α-hetero) is 2. The number of rotatable bonds is 8. The van der Waals surface area contributed by atoms with Gasteiger partial charge in [-0.2, -0.15) is 5.10 Å². The maximum absolute atomic E-state index is 13.1. The summed E-state index contributed by atoms with van der Waals surface area (Å²) in [6, 6.07) is 3.33. The molecule has 0 aromatic carbocycles. The minimum absolute atomic E-state index is 0.0431. The van der Waals surface area contributed by atoms with E-state index in [0.29, 0.717) is 17.1 Å². The van der Waals surface area contributed by atoms with Gasteiger partial charge in [-0.15, -0.1) is 0 Å². The number of hydrogen-bond donors (Lipinski definition) is 0. The highest BCUT2D eigenvalue weighted by Crippen LogP contribution is 2.33. The Morgan fingerprint density at radius 3 is 2.69 bits per heavy atom. The number of allylic oxidation sites excluding steroid dienone is 1. The first-order valence-electron chi connectivity index (χ1n) is 8.32. The molecule has 1 saturated carbocycles. The zero-order valence-corrected chi connectivity index (χ0v) is 15.0. The van der Waals surface area contributed by atoms with Gasteiger partial charge in [0.2, 0.25) is 0 Å². The van der Waals surface area contributed by atoms with Gasteiger partial charge in [0.15, 0.2) is 17.4 Å². The first-order valence-corrected chi connectivity index (χ1v) is 8.32. The first-order chi connectivity index (χ1) is 12.5. The van der Waals surface area contributed by atoms with Gasteiger partial charge in [-0.25, -0.2) is 14.6 Å². The molecule has 0 aliphatic heterocycles. The average molecular weight is 355 g/mol. The van der Waals surface area contributed by atoms with Crippen LogP contribution in [0.15, 0.2) is 36.6 Å². The Morgan fingerprint density at radius 2 is 2.12 bits per heavy atom. The van der Waals surface area contributed by atoms with E-state index in [1.165, 1.54) is 24.4 Å². The zero-order valence-electron chi connectivity index (χ0n) is 15.0. The molecule has 2 aromatic rings. The molecule has 2 aromatic heterocycles. The van der Waals surface area contributed by atoms with Gasteiger partial charge in [-0.3, -0.25) is 9.59 Å². The van der Waals surface area contributed by atoms with E-state index in [1.54, 1.807) is 37.3 Å². The number of methoxy groups -OCH3 is 1. The Labute approximate surface area is 151 Å². The number of ketones is 2. The predicted octanol–water partition coefficient (Wildman–Crippen LogP) is 1.42. The molecule has 0 spiro atoms. The Kier molecular flexibility index (Phi) is 5.22. The number of carbonyl (C=O) groups excluding carboxylic acids is 2. The molecule has 2 heterocycles.